The van der Waals surface area contributed by atoms with Crippen LogP contribution in [0.3, 0.4) is 0 Å². The molecule has 0 aliphatic carbocycles. The van der Waals surface area contributed by atoms with Crippen molar-refractivity contribution in [3.8, 4) is 5.88 Å². The van der Waals surface area contributed by atoms with Gasteiger partial charge in [-0.1, -0.05) is 0 Å². The van der Waals surface area contributed by atoms with Gasteiger partial charge in [0.1, 0.15) is 11.4 Å². The first-order valence-electron chi connectivity index (χ1n) is 6.04. The van der Waals surface area contributed by atoms with Gasteiger partial charge in [0.05, 0.1) is 13.2 Å². The summed E-state index contributed by atoms with van der Waals surface area (Å²) in [6, 6.07) is 3.39. The summed E-state index contributed by atoms with van der Waals surface area (Å²) in [4.78, 5) is 20.3. The number of carbonyl (C=O) groups is 1. The zero-order valence-corrected chi connectivity index (χ0v) is 11.0. The van der Waals surface area contributed by atoms with Crippen LogP contribution in [0.15, 0.2) is 30.7 Å². The Kier molecular flexibility index (Phi) is 4.12. The summed E-state index contributed by atoms with van der Waals surface area (Å²) in [5, 5.41) is 2.80. The van der Waals surface area contributed by atoms with Gasteiger partial charge >= 0.3 is 0 Å². The largest absolute Gasteiger partial charge is 0.477 e. The molecule has 0 bridgehead atoms. The van der Waals surface area contributed by atoms with Gasteiger partial charge in [-0.15, -0.1) is 0 Å². The minimum atomic E-state index is -0.223. The fourth-order valence-electron chi connectivity index (χ4n) is 1.64. The topological polar surface area (TPSA) is 69.0 Å². The number of imidazole rings is 1. The maximum absolute atomic E-state index is 12.1. The normalized spacial score (nSPS) is 10.2. The van der Waals surface area contributed by atoms with Crippen molar-refractivity contribution >= 4 is 5.91 Å². The number of ether oxygens (including phenoxy) is 1. The van der Waals surface area contributed by atoms with E-state index in [4.69, 9.17) is 4.74 Å². The van der Waals surface area contributed by atoms with E-state index in [1.165, 1.54) is 0 Å². The Morgan fingerprint density at radius 3 is 2.95 bits per heavy atom. The number of nitrogens with zero attached hydrogens (tertiary/aromatic N) is 3. The van der Waals surface area contributed by atoms with Crippen LogP contribution < -0.4 is 10.1 Å². The molecule has 2 aromatic rings. The van der Waals surface area contributed by atoms with Crippen molar-refractivity contribution in [2.45, 2.75) is 13.5 Å². The third kappa shape index (κ3) is 3.09. The number of hydrogen-bond donors (Lipinski definition) is 1. The van der Waals surface area contributed by atoms with Crippen LogP contribution in [0.2, 0.25) is 0 Å². The van der Waals surface area contributed by atoms with Gasteiger partial charge < -0.3 is 14.6 Å². The van der Waals surface area contributed by atoms with Crippen LogP contribution >= 0.6 is 0 Å². The Morgan fingerprint density at radius 1 is 1.42 bits per heavy atom. The summed E-state index contributed by atoms with van der Waals surface area (Å²) in [6.45, 7) is 2.68. The average Bonchev–Trinajstić information content (AvgIpc) is 2.82. The van der Waals surface area contributed by atoms with E-state index >= 15 is 0 Å². The van der Waals surface area contributed by atoms with Crippen LogP contribution in [0.4, 0.5) is 0 Å². The Bertz CT molecular complexity index is 565. The van der Waals surface area contributed by atoms with E-state index < -0.39 is 0 Å². The molecule has 6 heteroatoms. The highest BCUT2D eigenvalue weighted by Crippen LogP contribution is 2.14. The SMILES string of the molecule is CCOc1ncccc1C(=O)NCc1nccn1C. The predicted octanol–water partition coefficient (Wildman–Crippen LogP) is 1.14. The summed E-state index contributed by atoms with van der Waals surface area (Å²) in [6.07, 6.45) is 5.12. The monoisotopic (exact) mass is 260 g/mol. The van der Waals surface area contributed by atoms with Gasteiger partial charge in [-0.2, -0.15) is 0 Å². The van der Waals surface area contributed by atoms with Crippen molar-refractivity contribution in [1.82, 2.24) is 19.9 Å². The van der Waals surface area contributed by atoms with Crippen LogP contribution in [-0.2, 0) is 13.6 Å². The molecule has 0 aliphatic heterocycles. The highest BCUT2D eigenvalue weighted by Gasteiger charge is 2.13. The van der Waals surface area contributed by atoms with E-state index in [1.807, 2.05) is 24.7 Å². The Balaban J connectivity index is 2.06. The lowest BCUT2D eigenvalue weighted by Crippen LogP contribution is -2.25. The number of carbonyl (C=O) groups excluding carboxylic acids is 1. The second-order valence-corrected chi connectivity index (χ2v) is 3.93. The van der Waals surface area contributed by atoms with Gasteiger partial charge in [0, 0.05) is 25.6 Å². The quantitative estimate of drug-likeness (QED) is 0.875. The lowest BCUT2D eigenvalue weighted by molar-refractivity contribution is 0.0945. The second kappa shape index (κ2) is 5.99. The molecule has 2 aromatic heterocycles. The molecule has 1 N–H and O–H groups in total. The Hall–Kier alpha value is -2.37. The average molecular weight is 260 g/mol. The standard InChI is InChI=1S/C13H16N4O2/c1-3-19-13-10(5-4-6-15-13)12(18)16-9-11-14-7-8-17(11)2/h4-8H,3,9H2,1-2H3,(H,16,18). The molecule has 0 saturated carbocycles. The van der Waals surface area contributed by atoms with E-state index in [1.54, 1.807) is 24.5 Å². The number of hydrogen-bond acceptors (Lipinski definition) is 4. The molecule has 0 spiro atoms. The second-order valence-electron chi connectivity index (χ2n) is 3.93. The molecule has 0 saturated heterocycles. The third-order valence-electron chi connectivity index (χ3n) is 2.62. The van der Waals surface area contributed by atoms with Gasteiger partial charge in [-0.3, -0.25) is 4.79 Å². The zero-order chi connectivity index (χ0) is 13.7. The lowest BCUT2D eigenvalue weighted by Gasteiger charge is -2.09. The Morgan fingerprint density at radius 2 is 2.26 bits per heavy atom. The molecule has 2 rings (SSSR count). The predicted molar refractivity (Wildman–Crippen MR) is 69.8 cm³/mol. The van der Waals surface area contributed by atoms with Crippen LogP contribution in [0, 0.1) is 0 Å². The molecular weight excluding hydrogens is 244 g/mol. The lowest BCUT2D eigenvalue weighted by atomic mass is 10.2. The molecule has 0 fully saturated rings. The maximum atomic E-state index is 12.1. The van der Waals surface area contributed by atoms with Crippen LogP contribution in [0.5, 0.6) is 5.88 Å². The van der Waals surface area contributed by atoms with Crippen molar-refractivity contribution in [3.63, 3.8) is 0 Å². The van der Waals surface area contributed by atoms with Gasteiger partial charge in [-0.25, -0.2) is 9.97 Å². The van der Waals surface area contributed by atoms with Crippen molar-refractivity contribution in [3.05, 3.63) is 42.1 Å². The summed E-state index contributed by atoms with van der Waals surface area (Å²) < 4.78 is 7.18. The molecule has 100 valence electrons. The van der Waals surface area contributed by atoms with Gasteiger partial charge in [0.25, 0.3) is 5.91 Å². The summed E-state index contributed by atoms with van der Waals surface area (Å²) in [7, 11) is 1.88. The molecular formula is C13H16N4O2. The number of pyridine rings is 1. The fraction of sp³-hybridized carbons (Fsp3) is 0.308. The number of amides is 1. The van der Waals surface area contributed by atoms with Crippen LogP contribution in [-0.4, -0.2) is 27.0 Å². The van der Waals surface area contributed by atoms with Crippen LogP contribution in [0.25, 0.3) is 0 Å². The number of aromatic nitrogens is 3. The first kappa shape index (κ1) is 13.1. The number of aryl methyl sites for hydroxylation is 1. The van der Waals surface area contributed by atoms with E-state index in [2.05, 4.69) is 15.3 Å². The van der Waals surface area contributed by atoms with E-state index in [0.717, 1.165) is 5.82 Å². The van der Waals surface area contributed by atoms with Crippen molar-refractivity contribution in [1.29, 1.82) is 0 Å². The zero-order valence-electron chi connectivity index (χ0n) is 11.0. The minimum absolute atomic E-state index is 0.223. The molecule has 6 nitrogen and oxygen atoms in total. The van der Waals surface area contributed by atoms with Gasteiger partial charge in [-0.05, 0) is 19.1 Å². The van der Waals surface area contributed by atoms with Crippen molar-refractivity contribution < 1.29 is 9.53 Å². The van der Waals surface area contributed by atoms with E-state index in [-0.39, 0.29) is 5.91 Å². The van der Waals surface area contributed by atoms with Crippen LogP contribution in [0.1, 0.15) is 23.1 Å². The van der Waals surface area contributed by atoms with E-state index in [0.29, 0.717) is 24.6 Å². The molecule has 19 heavy (non-hydrogen) atoms. The number of rotatable bonds is 5. The molecule has 0 aliphatic rings. The smallest absolute Gasteiger partial charge is 0.257 e. The minimum Gasteiger partial charge on any atom is -0.477 e. The fourth-order valence-corrected chi connectivity index (χ4v) is 1.64. The molecule has 0 atom stereocenters. The van der Waals surface area contributed by atoms with Gasteiger partial charge in [0.15, 0.2) is 0 Å². The molecule has 2 heterocycles. The summed E-state index contributed by atoms with van der Waals surface area (Å²) in [5.74, 6) is 0.914. The maximum Gasteiger partial charge on any atom is 0.257 e. The summed E-state index contributed by atoms with van der Waals surface area (Å²) >= 11 is 0. The van der Waals surface area contributed by atoms with Crippen molar-refractivity contribution in [2.24, 2.45) is 7.05 Å². The van der Waals surface area contributed by atoms with Crippen molar-refractivity contribution in [2.75, 3.05) is 6.61 Å². The first-order chi connectivity index (χ1) is 9.22. The highest BCUT2D eigenvalue weighted by atomic mass is 16.5. The molecule has 0 unspecified atom stereocenters. The number of nitrogens with one attached hydrogen (secondary N) is 1. The first-order valence-corrected chi connectivity index (χ1v) is 6.04. The summed E-state index contributed by atoms with van der Waals surface area (Å²) in [5.41, 5.74) is 0.429. The van der Waals surface area contributed by atoms with E-state index in [9.17, 15) is 4.79 Å². The molecule has 0 aromatic carbocycles. The van der Waals surface area contributed by atoms with Gasteiger partial charge in [0.2, 0.25) is 5.88 Å². The Labute approximate surface area is 111 Å². The highest BCUT2D eigenvalue weighted by molar-refractivity contribution is 5.96. The molecule has 1 amide bonds. The third-order valence-corrected chi connectivity index (χ3v) is 2.62. The molecule has 0 radical (unpaired) electrons.